The van der Waals surface area contributed by atoms with E-state index >= 15 is 0 Å². The van der Waals surface area contributed by atoms with Crippen LogP contribution in [-0.2, 0) is 9.59 Å². The zero-order valence-electron chi connectivity index (χ0n) is 18.0. The van der Waals surface area contributed by atoms with Gasteiger partial charge >= 0.3 is 0 Å². The van der Waals surface area contributed by atoms with E-state index in [1.165, 1.54) is 31.4 Å². The molecule has 2 aliphatic carbocycles. The molecule has 2 atom stereocenters. The van der Waals surface area contributed by atoms with E-state index < -0.39 is 6.04 Å². The normalized spacial score (nSPS) is 27.6. The number of rotatable bonds is 5. The zero-order valence-corrected chi connectivity index (χ0v) is 18.0. The molecule has 2 aliphatic heterocycles. The van der Waals surface area contributed by atoms with E-state index in [-0.39, 0.29) is 29.7 Å². The molecule has 0 N–H and O–H groups in total. The Morgan fingerprint density at radius 1 is 0.968 bits per heavy atom. The van der Waals surface area contributed by atoms with Crippen LogP contribution < -0.4 is 4.74 Å². The van der Waals surface area contributed by atoms with Gasteiger partial charge < -0.3 is 14.5 Å². The molecule has 6 nitrogen and oxygen atoms in total. The minimum atomic E-state index is -0.470. The number of ether oxygens (including phenoxy) is 1. The summed E-state index contributed by atoms with van der Waals surface area (Å²) in [4.78, 5) is 32.7. The summed E-state index contributed by atoms with van der Waals surface area (Å²) in [6.07, 6.45) is 6.84. The molecule has 1 aromatic carbocycles. The highest BCUT2D eigenvalue weighted by molar-refractivity contribution is 5.90. The monoisotopic (exact) mass is 429 g/mol. The standard InChI is InChI=1S/C24H32FN3O3/c25-18-4-1-7-20(14-18)31-21-15-22(28(16-21)23(29)17-8-9-17)24(30)27-11-3-10-26(12-13-27)19-5-2-6-19/h1,4,7,14,17,19,21-22H,2-3,5-6,8-13,15-16H2/t21-,22+/m0/s1. The van der Waals surface area contributed by atoms with Gasteiger partial charge in [-0.3, -0.25) is 14.5 Å². The van der Waals surface area contributed by atoms with Gasteiger partial charge in [0.2, 0.25) is 11.8 Å². The van der Waals surface area contributed by atoms with Gasteiger partial charge in [-0.2, -0.15) is 0 Å². The van der Waals surface area contributed by atoms with Gasteiger partial charge in [0.1, 0.15) is 23.7 Å². The summed E-state index contributed by atoms with van der Waals surface area (Å²) < 4.78 is 19.5. The molecule has 2 saturated heterocycles. The highest BCUT2D eigenvalue weighted by atomic mass is 19.1. The molecule has 1 aromatic rings. The van der Waals surface area contributed by atoms with Crippen molar-refractivity contribution in [3.63, 3.8) is 0 Å². The van der Waals surface area contributed by atoms with Crippen molar-refractivity contribution in [1.82, 2.24) is 14.7 Å². The molecule has 0 unspecified atom stereocenters. The van der Waals surface area contributed by atoms with Crippen molar-refractivity contribution >= 4 is 11.8 Å². The third kappa shape index (κ3) is 4.56. The lowest BCUT2D eigenvalue weighted by Crippen LogP contribution is -2.49. The van der Waals surface area contributed by atoms with Crippen LogP contribution in [0.1, 0.15) is 44.9 Å². The van der Waals surface area contributed by atoms with Crippen LogP contribution in [0.15, 0.2) is 24.3 Å². The Hall–Kier alpha value is -2.15. The molecule has 7 heteroatoms. The first-order valence-electron chi connectivity index (χ1n) is 11.8. The van der Waals surface area contributed by atoms with E-state index in [0.717, 1.165) is 45.4 Å². The molecule has 31 heavy (non-hydrogen) atoms. The summed E-state index contributed by atoms with van der Waals surface area (Å²) in [6, 6.07) is 6.28. The fourth-order valence-corrected chi connectivity index (χ4v) is 5.14. The van der Waals surface area contributed by atoms with Gasteiger partial charge in [0.25, 0.3) is 0 Å². The van der Waals surface area contributed by atoms with Crippen molar-refractivity contribution in [1.29, 1.82) is 0 Å². The van der Waals surface area contributed by atoms with Crippen LogP contribution in [-0.4, -0.2) is 77.4 Å². The molecular formula is C24H32FN3O3. The van der Waals surface area contributed by atoms with Crippen LogP contribution in [0.3, 0.4) is 0 Å². The summed E-state index contributed by atoms with van der Waals surface area (Å²) in [5, 5.41) is 0. The summed E-state index contributed by atoms with van der Waals surface area (Å²) >= 11 is 0. The second-order valence-electron chi connectivity index (χ2n) is 9.51. The first-order valence-corrected chi connectivity index (χ1v) is 11.8. The third-order valence-electron chi connectivity index (χ3n) is 7.29. The van der Waals surface area contributed by atoms with E-state index in [0.29, 0.717) is 24.8 Å². The minimum absolute atomic E-state index is 0.0507. The average Bonchev–Trinajstić information content (AvgIpc) is 3.51. The number of hydrogen-bond donors (Lipinski definition) is 0. The maximum Gasteiger partial charge on any atom is 0.245 e. The van der Waals surface area contributed by atoms with E-state index in [4.69, 9.17) is 4.74 Å². The fraction of sp³-hybridized carbons (Fsp3) is 0.667. The largest absolute Gasteiger partial charge is 0.488 e. The number of hydrogen-bond acceptors (Lipinski definition) is 4. The fourth-order valence-electron chi connectivity index (χ4n) is 5.14. The third-order valence-corrected chi connectivity index (χ3v) is 7.29. The van der Waals surface area contributed by atoms with Gasteiger partial charge in [-0.25, -0.2) is 4.39 Å². The van der Waals surface area contributed by atoms with Crippen molar-refractivity contribution in [2.24, 2.45) is 5.92 Å². The molecule has 0 bridgehead atoms. The summed E-state index contributed by atoms with van der Waals surface area (Å²) in [7, 11) is 0. The van der Waals surface area contributed by atoms with E-state index in [1.807, 2.05) is 4.90 Å². The van der Waals surface area contributed by atoms with Crippen LogP contribution in [0.25, 0.3) is 0 Å². The average molecular weight is 430 g/mol. The van der Waals surface area contributed by atoms with E-state index in [1.54, 1.807) is 17.0 Å². The minimum Gasteiger partial charge on any atom is -0.488 e. The van der Waals surface area contributed by atoms with Crippen molar-refractivity contribution in [2.75, 3.05) is 32.7 Å². The van der Waals surface area contributed by atoms with Crippen molar-refractivity contribution in [3.05, 3.63) is 30.1 Å². The first kappa shape index (κ1) is 20.7. The Labute approximate surface area is 183 Å². The second kappa shape index (κ2) is 8.77. The highest BCUT2D eigenvalue weighted by Gasteiger charge is 2.46. The van der Waals surface area contributed by atoms with Crippen LogP contribution in [0, 0.1) is 11.7 Å². The predicted molar refractivity (Wildman–Crippen MR) is 114 cm³/mol. The highest BCUT2D eigenvalue weighted by Crippen LogP contribution is 2.35. The van der Waals surface area contributed by atoms with Gasteiger partial charge in [-0.05, 0) is 44.2 Å². The molecule has 0 aromatic heterocycles. The van der Waals surface area contributed by atoms with Crippen LogP contribution >= 0.6 is 0 Å². The predicted octanol–water partition coefficient (Wildman–Crippen LogP) is 2.67. The Kier molecular flexibility index (Phi) is 5.87. The second-order valence-corrected chi connectivity index (χ2v) is 9.51. The SMILES string of the molecule is O=C([C@H]1C[C@H](Oc2cccc(F)c2)CN1C(=O)C1CC1)N1CCCN(C2CCC2)CC1. The number of carbonyl (C=O) groups is 2. The Balaban J connectivity index is 1.26. The molecule has 2 saturated carbocycles. The lowest BCUT2D eigenvalue weighted by molar-refractivity contribution is -0.144. The lowest BCUT2D eigenvalue weighted by Gasteiger charge is -2.37. The zero-order chi connectivity index (χ0) is 21.4. The number of benzene rings is 1. The maximum atomic E-state index is 13.6. The topological polar surface area (TPSA) is 53.1 Å². The maximum absolute atomic E-state index is 13.6. The van der Waals surface area contributed by atoms with Gasteiger partial charge in [0.05, 0.1) is 6.54 Å². The first-order chi connectivity index (χ1) is 15.1. The number of amides is 2. The van der Waals surface area contributed by atoms with E-state index in [2.05, 4.69) is 4.90 Å². The Morgan fingerprint density at radius 2 is 1.81 bits per heavy atom. The van der Waals surface area contributed by atoms with E-state index in [9.17, 15) is 14.0 Å². The quantitative estimate of drug-likeness (QED) is 0.722. The summed E-state index contributed by atoms with van der Waals surface area (Å²) in [5.74, 6) is 0.281. The van der Waals surface area contributed by atoms with Crippen molar-refractivity contribution < 1.29 is 18.7 Å². The van der Waals surface area contributed by atoms with Gasteiger partial charge in [0, 0.05) is 50.6 Å². The molecule has 4 aliphatic rings. The molecular weight excluding hydrogens is 397 g/mol. The van der Waals surface area contributed by atoms with Gasteiger partial charge in [0.15, 0.2) is 0 Å². The molecule has 4 fully saturated rings. The summed E-state index contributed by atoms with van der Waals surface area (Å²) in [6.45, 7) is 3.84. The van der Waals surface area contributed by atoms with Crippen LogP contribution in [0.2, 0.25) is 0 Å². The number of halogens is 1. The lowest BCUT2D eigenvalue weighted by atomic mass is 9.91. The number of nitrogens with zero attached hydrogens (tertiary/aromatic N) is 3. The molecule has 0 spiro atoms. The number of carbonyl (C=O) groups excluding carboxylic acids is 2. The Bertz CT molecular complexity index is 826. The van der Waals surface area contributed by atoms with Crippen LogP contribution in [0.5, 0.6) is 5.75 Å². The van der Waals surface area contributed by atoms with Crippen molar-refractivity contribution in [2.45, 2.75) is 63.1 Å². The van der Waals surface area contributed by atoms with Gasteiger partial charge in [-0.1, -0.05) is 12.5 Å². The molecule has 2 amide bonds. The van der Waals surface area contributed by atoms with Crippen LogP contribution in [0.4, 0.5) is 4.39 Å². The summed E-state index contributed by atoms with van der Waals surface area (Å²) in [5.41, 5.74) is 0. The molecule has 5 rings (SSSR count). The number of likely N-dealkylation sites (tertiary alicyclic amines) is 1. The smallest absolute Gasteiger partial charge is 0.245 e. The molecule has 168 valence electrons. The van der Waals surface area contributed by atoms with Crippen molar-refractivity contribution in [3.8, 4) is 5.75 Å². The molecule has 0 radical (unpaired) electrons. The van der Waals surface area contributed by atoms with Gasteiger partial charge in [-0.15, -0.1) is 0 Å². The Morgan fingerprint density at radius 3 is 2.52 bits per heavy atom. The molecule has 2 heterocycles.